The predicted octanol–water partition coefficient (Wildman–Crippen LogP) is 3.45. The summed E-state index contributed by atoms with van der Waals surface area (Å²) < 4.78 is 0. The van der Waals surface area contributed by atoms with E-state index in [4.69, 9.17) is 11.1 Å². The second-order valence-electron chi connectivity index (χ2n) is 4.49. The number of benzene rings is 1. The van der Waals surface area contributed by atoms with E-state index in [-0.39, 0.29) is 5.17 Å². The monoisotopic (exact) mass is 305 g/mol. The van der Waals surface area contributed by atoms with Crippen LogP contribution in [-0.2, 0) is 12.8 Å². The third kappa shape index (κ3) is 5.43. The second-order valence-corrected chi connectivity index (χ2v) is 6.79. The van der Waals surface area contributed by atoms with Crippen LogP contribution < -0.4 is 5.73 Å². The Hall–Kier alpha value is -1.20. The van der Waals surface area contributed by atoms with Gasteiger partial charge in [-0.15, -0.1) is 11.8 Å². The third-order valence-electron chi connectivity index (χ3n) is 2.95. The van der Waals surface area contributed by atoms with Gasteiger partial charge in [0.1, 0.15) is 0 Å². The van der Waals surface area contributed by atoms with Gasteiger partial charge in [-0.1, -0.05) is 42.1 Å². The summed E-state index contributed by atoms with van der Waals surface area (Å²) in [6, 6.07) is 8.75. The Morgan fingerprint density at radius 3 is 2.35 bits per heavy atom. The minimum atomic E-state index is 0.197. The Balaban J connectivity index is 1.69. The lowest BCUT2D eigenvalue weighted by Gasteiger charge is -2.04. The van der Waals surface area contributed by atoms with E-state index >= 15 is 0 Å². The molecule has 0 saturated heterocycles. The summed E-state index contributed by atoms with van der Waals surface area (Å²) in [7, 11) is 0. The Labute approximate surface area is 128 Å². The van der Waals surface area contributed by atoms with Gasteiger partial charge in [0.15, 0.2) is 5.17 Å². The molecule has 0 amide bonds. The smallest absolute Gasteiger partial charge is 0.151 e. The average Bonchev–Trinajstić information content (AvgIpc) is 2.93. The molecule has 1 aliphatic rings. The molecule has 1 aromatic rings. The molecule has 3 nitrogen and oxygen atoms in total. The van der Waals surface area contributed by atoms with Gasteiger partial charge in [-0.05, 0) is 24.0 Å². The molecule has 106 valence electrons. The molecule has 0 radical (unpaired) electrons. The van der Waals surface area contributed by atoms with Gasteiger partial charge in [0.05, 0.1) is 5.04 Å². The number of amidine groups is 1. The molecule has 5 heteroatoms. The first kappa shape index (κ1) is 15.2. The van der Waals surface area contributed by atoms with Crippen LogP contribution in [0.15, 0.2) is 41.5 Å². The third-order valence-corrected chi connectivity index (χ3v) is 4.68. The van der Waals surface area contributed by atoms with Gasteiger partial charge in [-0.3, -0.25) is 10.4 Å². The largest absolute Gasteiger partial charge is 0.379 e. The van der Waals surface area contributed by atoms with Crippen molar-refractivity contribution in [2.45, 2.75) is 19.3 Å². The molecule has 0 atom stereocenters. The van der Waals surface area contributed by atoms with Crippen LogP contribution in [0, 0.1) is 5.41 Å². The summed E-state index contributed by atoms with van der Waals surface area (Å²) >= 11 is 3.24. The highest BCUT2D eigenvalue weighted by molar-refractivity contribution is 8.14. The van der Waals surface area contributed by atoms with Crippen LogP contribution >= 0.6 is 23.5 Å². The maximum Gasteiger partial charge on any atom is 0.151 e. The zero-order valence-electron chi connectivity index (χ0n) is 11.3. The van der Waals surface area contributed by atoms with Crippen molar-refractivity contribution in [3.63, 3.8) is 0 Å². The van der Waals surface area contributed by atoms with E-state index < -0.39 is 0 Å². The first-order valence-corrected chi connectivity index (χ1v) is 8.60. The zero-order chi connectivity index (χ0) is 14.2. The van der Waals surface area contributed by atoms with Crippen LogP contribution in [0.4, 0.5) is 0 Å². The van der Waals surface area contributed by atoms with E-state index in [0.29, 0.717) is 0 Å². The molecule has 0 bridgehead atoms. The minimum absolute atomic E-state index is 0.197. The van der Waals surface area contributed by atoms with Crippen molar-refractivity contribution in [1.82, 2.24) is 0 Å². The Kier molecular flexibility index (Phi) is 6.21. The van der Waals surface area contributed by atoms with Crippen LogP contribution in [0.3, 0.4) is 0 Å². The fourth-order valence-electron chi connectivity index (χ4n) is 1.88. The molecule has 0 spiro atoms. The summed E-state index contributed by atoms with van der Waals surface area (Å²) in [5.41, 5.74) is 7.99. The number of thioether (sulfide) groups is 2. The molecule has 3 N–H and O–H groups in total. The summed E-state index contributed by atoms with van der Waals surface area (Å²) in [6.45, 7) is 0. The number of hydrogen-bond acceptors (Lipinski definition) is 4. The summed E-state index contributed by atoms with van der Waals surface area (Å²) in [4.78, 5) is 4.30. The predicted molar refractivity (Wildman–Crippen MR) is 91.9 cm³/mol. The molecule has 0 aromatic heterocycles. The molecular formula is C15H19N3S2. The van der Waals surface area contributed by atoms with E-state index in [1.54, 1.807) is 0 Å². The van der Waals surface area contributed by atoms with Crippen LogP contribution in [0.1, 0.15) is 17.5 Å². The molecule has 0 fully saturated rings. The van der Waals surface area contributed by atoms with Crippen LogP contribution in [0.2, 0.25) is 0 Å². The van der Waals surface area contributed by atoms with E-state index in [9.17, 15) is 0 Å². The lowest BCUT2D eigenvalue weighted by molar-refractivity contribution is 1.12. The molecule has 0 aliphatic carbocycles. The van der Waals surface area contributed by atoms with Gasteiger partial charge in [0.25, 0.3) is 0 Å². The fraction of sp³-hybridized carbons (Fsp3) is 0.333. The van der Waals surface area contributed by atoms with Crippen molar-refractivity contribution in [2.24, 2.45) is 10.7 Å². The molecule has 20 heavy (non-hydrogen) atoms. The van der Waals surface area contributed by atoms with Crippen molar-refractivity contribution in [2.75, 3.05) is 11.5 Å². The number of hydrogen-bond donors (Lipinski definition) is 2. The van der Waals surface area contributed by atoms with Crippen molar-refractivity contribution in [3.05, 3.63) is 47.7 Å². The van der Waals surface area contributed by atoms with Crippen LogP contribution in [-0.4, -0.2) is 21.7 Å². The van der Waals surface area contributed by atoms with E-state index in [1.165, 1.54) is 27.9 Å². The summed E-state index contributed by atoms with van der Waals surface area (Å²) in [6.07, 6.45) is 7.01. The maximum atomic E-state index is 7.17. The quantitative estimate of drug-likeness (QED) is 0.625. The van der Waals surface area contributed by atoms with Crippen molar-refractivity contribution in [1.29, 1.82) is 5.41 Å². The van der Waals surface area contributed by atoms with E-state index in [1.807, 2.05) is 18.0 Å². The first-order valence-electron chi connectivity index (χ1n) is 6.63. The molecular weight excluding hydrogens is 286 g/mol. The highest BCUT2D eigenvalue weighted by Crippen LogP contribution is 2.16. The van der Waals surface area contributed by atoms with E-state index in [2.05, 4.69) is 35.3 Å². The SMILES string of the molecule is N=C(N)SCCc1ccc(CCSC2=NC=CC2)cc1. The fourth-order valence-corrected chi connectivity index (χ4v) is 3.36. The molecule has 1 aliphatic heterocycles. The minimum Gasteiger partial charge on any atom is -0.379 e. The number of aryl methyl sites for hydroxylation is 2. The number of nitrogens with zero attached hydrogens (tertiary/aromatic N) is 1. The van der Waals surface area contributed by atoms with Gasteiger partial charge in [-0.25, -0.2) is 0 Å². The normalized spacial score (nSPS) is 13.5. The average molecular weight is 305 g/mol. The second kappa shape index (κ2) is 8.17. The summed E-state index contributed by atoms with van der Waals surface area (Å²) in [5.74, 6) is 1.96. The Morgan fingerprint density at radius 1 is 1.15 bits per heavy atom. The molecule has 0 saturated carbocycles. The number of allylic oxidation sites excluding steroid dienone is 1. The number of aliphatic imine (C=N–C) groups is 1. The molecule has 0 unspecified atom stereocenters. The highest BCUT2D eigenvalue weighted by Gasteiger charge is 2.02. The lowest BCUT2D eigenvalue weighted by Crippen LogP contribution is -2.05. The number of nitrogens with two attached hydrogens (primary N) is 1. The topological polar surface area (TPSA) is 62.2 Å². The Bertz CT molecular complexity index is 506. The molecule has 1 heterocycles. The van der Waals surface area contributed by atoms with Crippen molar-refractivity contribution >= 4 is 33.7 Å². The molecule has 2 rings (SSSR count). The summed E-state index contributed by atoms with van der Waals surface area (Å²) in [5, 5.41) is 8.59. The van der Waals surface area contributed by atoms with Gasteiger partial charge < -0.3 is 5.73 Å². The van der Waals surface area contributed by atoms with Gasteiger partial charge in [-0.2, -0.15) is 0 Å². The van der Waals surface area contributed by atoms with E-state index in [0.717, 1.165) is 30.8 Å². The maximum absolute atomic E-state index is 7.17. The lowest BCUT2D eigenvalue weighted by atomic mass is 10.1. The standard InChI is InChI=1S/C15H19N3S2/c16-15(17)20-11-8-13-5-3-12(4-6-13)7-10-19-14-2-1-9-18-14/h1,3-6,9H,2,7-8,10-11H2,(H3,16,17). The molecule has 1 aromatic carbocycles. The highest BCUT2D eigenvalue weighted by atomic mass is 32.2. The van der Waals surface area contributed by atoms with Crippen LogP contribution in [0.5, 0.6) is 0 Å². The van der Waals surface area contributed by atoms with Gasteiger partial charge in [0.2, 0.25) is 0 Å². The number of rotatable bonds is 6. The zero-order valence-corrected chi connectivity index (χ0v) is 13.0. The van der Waals surface area contributed by atoms with Gasteiger partial charge >= 0.3 is 0 Å². The van der Waals surface area contributed by atoms with Crippen molar-refractivity contribution in [3.8, 4) is 0 Å². The number of nitrogens with one attached hydrogen (secondary N) is 1. The van der Waals surface area contributed by atoms with Crippen molar-refractivity contribution < 1.29 is 0 Å². The first-order chi connectivity index (χ1) is 9.74. The Morgan fingerprint density at radius 2 is 1.80 bits per heavy atom. The van der Waals surface area contributed by atoms with Crippen LogP contribution in [0.25, 0.3) is 0 Å². The van der Waals surface area contributed by atoms with Gasteiger partial charge in [0, 0.05) is 24.1 Å².